The van der Waals surface area contributed by atoms with Gasteiger partial charge in [0, 0.05) is 17.1 Å². The van der Waals surface area contributed by atoms with Crippen LogP contribution in [0.2, 0.25) is 0 Å². The van der Waals surface area contributed by atoms with E-state index in [1.165, 1.54) is 36.7 Å². The second-order valence-electron chi connectivity index (χ2n) is 6.49. The van der Waals surface area contributed by atoms with Crippen molar-refractivity contribution in [2.24, 2.45) is 10.1 Å². The molecule has 0 spiro atoms. The third-order valence-electron chi connectivity index (χ3n) is 4.64. The van der Waals surface area contributed by atoms with Crippen LogP contribution in [0, 0.1) is 5.82 Å². The van der Waals surface area contributed by atoms with Crippen molar-refractivity contribution in [2.75, 3.05) is 0 Å². The summed E-state index contributed by atoms with van der Waals surface area (Å²) in [7, 11) is 0. The quantitative estimate of drug-likeness (QED) is 0.643. The fraction of sp³-hybridized carbons (Fsp3) is 0.300. The second kappa shape index (κ2) is 7.83. The number of halogens is 1. The minimum Gasteiger partial charge on any atom is -0.360 e. The summed E-state index contributed by atoms with van der Waals surface area (Å²) in [4.78, 5) is 8.85. The van der Waals surface area contributed by atoms with Crippen LogP contribution in [0.1, 0.15) is 37.8 Å². The first-order valence-electron chi connectivity index (χ1n) is 8.98. The van der Waals surface area contributed by atoms with Gasteiger partial charge in [-0.3, -0.25) is 4.99 Å². The lowest BCUT2D eigenvalue weighted by molar-refractivity contribution is 0.435. The van der Waals surface area contributed by atoms with Crippen LogP contribution in [0.25, 0.3) is 11.3 Å². The molecule has 0 amide bonds. The van der Waals surface area contributed by atoms with Crippen LogP contribution in [0.3, 0.4) is 0 Å². The average molecular weight is 368 g/mol. The van der Waals surface area contributed by atoms with E-state index in [0.29, 0.717) is 11.6 Å². The van der Waals surface area contributed by atoms with Crippen molar-refractivity contribution < 1.29 is 4.39 Å². The summed E-state index contributed by atoms with van der Waals surface area (Å²) in [6.07, 6.45) is 9.58. The Labute approximate surface area is 155 Å². The maximum absolute atomic E-state index is 14.3. The number of benzene rings is 1. The van der Waals surface area contributed by atoms with Crippen LogP contribution in [-0.2, 0) is 0 Å². The molecule has 2 aromatic heterocycles. The molecular formula is C20H21FN4S. The maximum Gasteiger partial charge on any atom is 0.206 e. The highest BCUT2D eigenvalue weighted by Crippen LogP contribution is 2.24. The molecule has 0 bridgehead atoms. The summed E-state index contributed by atoms with van der Waals surface area (Å²) in [5, 5.41) is 6.54. The highest BCUT2D eigenvalue weighted by molar-refractivity contribution is 7.07. The second-order valence-corrected chi connectivity index (χ2v) is 7.32. The zero-order valence-corrected chi connectivity index (χ0v) is 15.3. The van der Waals surface area contributed by atoms with E-state index in [4.69, 9.17) is 4.99 Å². The van der Waals surface area contributed by atoms with Gasteiger partial charge in [0.05, 0.1) is 23.6 Å². The van der Waals surface area contributed by atoms with Crippen LogP contribution in [-0.4, -0.2) is 21.9 Å². The summed E-state index contributed by atoms with van der Waals surface area (Å²) in [6, 6.07) is 11.0. The van der Waals surface area contributed by atoms with Crippen molar-refractivity contribution in [3.8, 4) is 11.3 Å². The largest absolute Gasteiger partial charge is 0.360 e. The number of nitrogens with one attached hydrogen (secondary N) is 1. The summed E-state index contributed by atoms with van der Waals surface area (Å²) in [5.41, 5.74) is 2.16. The molecule has 1 N–H and O–H groups in total. The molecule has 4 nitrogen and oxygen atoms in total. The van der Waals surface area contributed by atoms with Crippen molar-refractivity contribution in [1.82, 2.24) is 9.66 Å². The number of aromatic nitrogens is 2. The number of thiazole rings is 1. The smallest absolute Gasteiger partial charge is 0.206 e. The van der Waals surface area contributed by atoms with E-state index in [1.807, 2.05) is 29.8 Å². The van der Waals surface area contributed by atoms with Crippen LogP contribution < -0.4 is 4.80 Å². The van der Waals surface area contributed by atoms with E-state index in [0.717, 1.165) is 29.0 Å². The van der Waals surface area contributed by atoms with Gasteiger partial charge >= 0.3 is 0 Å². The van der Waals surface area contributed by atoms with Gasteiger partial charge in [-0.25, -0.2) is 9.07 Å². The van der Waals surface area contributed by atoms with Crippen molar-refractivity contribution in [2.45, 2.75) is 38.1 Å². The Kier molecular flexibility index (Phi) is 5.11. The van der Waals surface area contributed by atoms with E-state index >= 15 is 0 Å². The van der Waals surface area contributed by atoms with E-state index in [1.54, 1.807) is 23.0 Å². The molecule has 0 unspecified atom stereocenters. The Morgan fingerprint density at radius 3 is 2.73 bits per heavy atom. The van der Waals surface area contributed by atoms with Crippen molar-refractivity contribution in [1.29, 1.82) is 0 Å². The molecule has 1 aromatic carbocycles. The summed E-state index contributed by atoms with van der Waals surface area (Å²) < 4.78 is 16.1. The van der Waals surface area contributed by atoms with E-state index in [-0.39, 0.29) is 5.82 Å². The Hall–Kier alpha value is -2.47. The normalized spacial score (nSPS) is 16.6. The number of rotatable bonds is 4. The molecule has 2 heterocycles. The van der Waals surface area contributed by atoms with E-state index in [2.05, 4.69) is 10.1 Å². The first-order valence-corrected chi connectivity index (χ1v) is 9.86. The Morgan fingerprint density at radius 1 is 1.12 bits per heavy atom. The van der Waals surface area contributed by atoms with E-state index in [9.17, 15) is 4.39 Å². The Balaban J connectivity index is 1.79. The number of aromatic amines is 1. The van der Waals surface area contributed by atoms with Gasteiger partial charge in [-0.05, 0) is 37.1 Å². The number of nitrogens with zero attached hydrogens (tertiary/aromatic N) is 3. The molecule has 1 fully saturated rings. The molecule has 1 aliphatic carbocycles. The third kappa shape index (κ3) is 3.70. The first kappa shape index (κ1) is 17.0. The lowest BCUT2D eigenvalue weighted by Crippen LogP contribution is -2.19. The minimum atomic E-state index is -0.252. The molecule has 0 radical (unpaired) electrons. The van der Waals surface area contributed by atoms with Crippen molar-refractivity contribution >= 4 is 17.6 Å². The fourth-order valence-corrected chi connectivity index (χ4v) is 4.16. The Bertz CT molecular complexity index is 946. The van der Waals surface area contributed by atoms with Crippen LogP contribution in [0.15, 0.2) is 58.1 Å². The fourth-order valence-electron chi connectivity index (χ4n) is 3.27. The van der Waals surface area contributed by atoms with Crippen molar-refractivity contribution in [3.63, 3.8) is 0 Å². The van der Waals surface area contributed by atoms with Gasteiger partial charge in [-0.1, -0.05) is 31.4 Å². The van der Waals surface area contributed by atoms with Crippen LogP contribution >= 0.6 is 11.3 Å². The summed E-state index contributed by atoms with van der Waals surface area (Å²) >= 11 is 1.52. The van der Waals surface area contributed by atoms with Gasteiger partial charge in [-0.2, -0.15) is 5.10 Å². The zero-order chi connectivity index (χ0) is 17.8. The number of hydrogen-bond donors (Lipinski definition) is 1. The highest BCUT2D eigenvalue weighted by Gasteiger charge is 2.15. The van der Waals surface area contributed by atoms with Crippen LogP contribution in [0.4, 0.5) is 4.39 Å². The molecule has 0 aliphatic heterocycles. The lowest BCUT2D eigenvalue weighted by atomic mass is 9.96. The molecule has 6 heteroatoms. The predicted molar refractivity (Wildman–Crippen MR) is 104 cm³/mol. The van der Waals surface area contributed by atoms with E-state index < -0.39 is 0 Å². The predicted octanol–water partition coefficient (Wildman–Crippen LogP) is 4.80. The molecule has 26 heavy (non-hydrogen) atoms. The summed E-state index contributed by atoms with van der Waals surface area (Å²) in [5.74, 6) is -0.252. The highest BCUT2D eigenvalue weighted by atomic mass is 32.1. The van der Waals surface area contributed by atoms with Gasteiger partial charge in [0.1, 0.15) is 5.82 Å². The molecule has 0 atom stereocenters. The molecule has 3 aromatic rings. The molecule has 134 valence electrons. The third-order valence-corrected chi connectivity index (χ3v) is 5.47. The van der Waals surface area contributed by atoms with Crippen LogP contribution in [0.5, 0.6) is 0 Å². The minimum absolute atomic E-state index is 0.252. The Morgan fingerprint density at radius 2 is 1.96 bits per heavy atom. The number of hydrogen-bond acceptors (Lipinski definition) is 3. The monoisotopic (exact) mass is 368 g/mol. The molecule has 0 saturated heterocycles. The van der Waals surface area contributed by atoms with Gasteiger partial charge in [0.25, 0.3) is 0 Å². The van der Waals surface area contributed by atoms with Gasteiger partial charge < -0.3 is 4.98 Å². The first-order chi connectivity index (χ1) is 12.8. The van der Waals surface area contributed by atoms with Gasteiger partial charge in [0.15, 0.2) is 0 Å². The molecule has 1 saturated carbocycles. The van der Waals surface area contributed by atoms with Crippen molar-refractivity contribution in [3.05, 3.63) is 64.3 Å². The standard InChI is InChI=1S/C20H21FN4S/c21-18-11-5-4-10-17(18)19-14-26-20(24-15-7-2-1-3-8-15)25(19)23-13-16-9-6-12-22-16/h4-6,9-15,22H,1-3,7-8H2. The topological polar surface area (TPSA) is 45.4 Å². The number of H-pyrrole nitrogens is 1. The van der Waals surface area contributed by atoms with Gasteiger partial charge in [-0.15, -0.1) is 11.3 Å². The molecular weight excluding hydrogens is 347 g/mol. The zero-order valence-electron chi connectivity index (χ0n) is 14.4. The summed E-state index contributed by atoms with van der Waals surface area (Å²) in [6.45, 7) is 0. The molecule has 1 aliphatic rings. The maximum atomic E-state index is 14.3. The molecule has 4 rings (SSSR count). The lowest BCUT2D eigenvalue weighted by Gasteiger charge is -2.16. The average Bonchev–Trinajstić information content (AvgIpc) is 3.31. The SMILES string of the molecule is Fc1ccccc1-c1csc(=NC2CCCCC2)n1N=Cc1ccc[nH]1. The van der Waals surface area contributed by atoms with Gasteiger partial charge in [0.2, 0.25) is 4.80 Å².